The van der Waals surface area contributed by atoms with E-state index in [2.05, 4.69) is 0 Å². The zero-order chi connectivity index (χ0) is 27.7. The molecule has 3 rings (SSSR count). The van der Waals surface area contributed by atoms with Crippen molar-refractivity contribution in [2.45, 2.75) is 31.2 Å². The molecule has 2 N–H and O–H groups in total. The summed E-state index contributed by atoms with van der Waals surface area (Å²) in [6.45, 7) is -0.715. The summed E-state index contributed by atoms with van der Waals surface area (Å²) in [5, 5.41) is 0. The highest BCUT2D eigenvalue weighted by Crippen LogP contribution is 2.37. The van der Waals surface area contributed by atoms with Crippen molar-refractivity contribution < 1.29 is 45.1 Å². The maximum absolute atomic E-state index is 13.5. The van der Waals surface area contributed by atoms with Crippen molar-refractivity contribution in [3.05, 3.63) is 70.5 Å². The molecule has 0 radical (unpaired) electrons. The number of rotatable bonds is 4. The van der Waals surface area contributed by atoms with Gasteiger partial charge in [0.05, 0.1) is 11.1 Å². The maximum atomic E-state index is 13.5. The maximum Gasteiger partial charge on any atom is 0.416 e. The van der Waals surface area contributed by atoms with Crippen LogP contribution in [0.25, 0.3) is 0 Å². The molecule has 0 bridgehead atoms. The van der Waals surface area contributed by atoms with E-state index in [1.54, 1.807) is 0 Å². The van der Waals surface area contributed by atoms with Gasteiger partial charge in [0.2, 0.25) is 5.91 Å². The van der Waals surface area contributed by atoms with Crippen LogP contribution in [-0.2, 0) is 33.3 Å². The molecule has 0 unspecified atom stereocenters. The third kappa shape index (κ3) is 6.57. The summed E-state index contributed by atoms with van der Waals surface area (Å²) in [6.07, 6.45) is -10.0. The molecule has 3 amide bonds. The van der Waals surface area contributed by atoms with E-state index in [0.29, 0.717) is 17.7 Å². The van der Waals surface area contributed by atoms with Gasteiger partial charge in [0, 0.05) is 38.5 Å². The number of nitrogens with two attached hydrogens (primary N) is 1. The second-order valence-electron chi connectivity index (χ2n) is 8.78. The van der Waals surface area contributed by atoms with Crippen LogP contribution in [0.5, 0.6) is 0 Å². The predicted octanol–water partition coefficient (Wildman–Crippen LogP) is 3.94. The van der Waals surface area contributed by atoms with E-state index < -0.39 is 65.4 Å². The molecule has 1 aliphatic heterocycles. The molecule has 37 heavy (non-hydrogen) atoms. The van der Waals surface area contributed by atoms with Crippen LogP contribution >= 0.6 is 0 Å². The van der Waals surface area contributed by atoms with E-state index in [1.807, 2.05) is 0 Å². The Hall–Kier alpha value is -3.64. The Kier molecular flexibility index (Phi) is 7.84. The summed E-state index contributed by atoms with van der Waals surface area (Å²) in [4.78, 5) is 39.0. The highest BCUT2D eigenvalue weighted by atomic mass is 19.4. The van der Waals surface area contributed by atoms with Crippen molar-refractivity contribution in [3.63, 3.8) is 0 Å². The van der Waals surface area contributed by atoms with Crippen LogP contribution in [0.2, 0.25) is 0 Å². The fraction of sp³-hybridized carbons (Fsp3) is 0.375. The molecule has 2 aromatic carbocycles. The van der Waals surface area contributed by atoms with Gasteiger partial charge in [-0.2, -0.15) is 26.3 Å². The fourth-order valence-electron chi connectivity index (χ4n) is 4.38. The topological polar surface area (TPSA) is 83.7 Å². The normalized spacial score (nSPS) is 18.4. The van der Waals surface area contributed by atoms with Gasteiger partial charge in [0.1, 0.15) is 5.82 Å². The first kappa shape index (κ1) is 27.9. The predicted molar refractivity (Wildman–Crippen MR) is 116 cm³/mol. The molecular formula is C24H22F7N3O3. The molecule has 1 aliphatic rings. The lowest BCUT2D eigenvalue weighted by atomic mass is 9.79. The molecule has 2 atom stereocenters. The van der Waals surface area contributed by atoms with Gasteiger partial charge >= 0.3 is 24.2 Å². The summed E-state index contributed by atoms with van der Waals surface area (Å²) in [7, 11) is 1.23. The van der Waals surface area contributed by atoms with Crippen LogP contribution in [0, 0.1) is 11.7 Å². The smallest absolute Gasteiger partial charge is 0.361 e. The van der Waals surface area contributed by atoms with Gasteiger partial charge in [-0.25, -0.2) is 4.39 Å². The Morgan fingerprint density at radius 1 is 0.973 bits per heavy atom. The van der Waals surface area contributed by atoms with E-state index in [1.165, 1.54) is 19.2 Å². The van der Waals surface area contributed by atoms with Gasteiger partial charge in [0.25, 0.3) is 0 Å². The lowest BCUT2D eigenvalue weighted by Gasteiger charge is -2.39. The number of primary amides is 1. The monoisotopic (exact) mass is 533 g/mol. The van der Waals surface area contributed by atoms with Crippen molar-refractivity contribution in [3.8, 4) is 0 Å². The van der Waals surface area contributed by atoms with Gasteiger partial charge in [-0.15, -0.1) is 0 Å². The van der Waals surface area contributed by atoms with E-state index >= 15 is 0 Å². The molecule has 1 saturated heterocycles. The summed E-state index contributed by atoms with van der Waals surface area (Å²) in [5.74, 6) is -4.94. The average molecular weight is 533 g/mol. The third-order valence-electron chi connectivity index (χ3n) is 6.17. The molecule has 200 valence electrons. The Balaban J connectivity index is 1.90. The number of nitrogens with zero attached hydrogens (tertiary/aromatic N) is 2. The van der Waals surface area contributed by atoms with Gasteiger partial charge in [-0.05, 0) is 47.9 Å². The van der Waals surface area contributed by atoms with Crippen molar-refractivity contribution >= 4 is 17.7 Å². The largest absolute Gasteiger partial charge is 0.416 e. The van der Waals surface area contributed by atoms with Crippen LogP contribution in [0.15, 0.2) is 42.5 Å². The van der Waals surface area contributed by atoms with E-state index in [-0.39, 0.29) is 31.1 Å². The number of carbonyl (C=O) groups excluding carboxylic acids is 3. The molecule has 0 aliphatic carbocycles. The van der Waals surface area contributed by atoms with Crippen molar-refractivity contribution in [2.24, 2.45) is 11.7 Å². The molecule has 13 heteroatoms. The fourth-order valence-corrected chi connectivity index (χ4v) is 4.38. The van der Waals surface area contributed by atoms with Crippen LogP contribution in [0.1, 0.15) is 34.6 Å². The zero-order valence-corrected chi connectivity index (χ0v) is 19.4. The van der Waals surface area contributed by atoms with Gasteiger partial charge < -0.3 is 15.5 Å². The average Bonchev–Trinajstić information content (AvgIpc) is 2.81. The number of benzene rings is 2. The molecule has 1 heterocycles. The molecule has 6 nitrogen and oxygen atoms in total. The standard InChI is InChI=1S/C24H22F7N3O3/c1-33(11-13-8-15(23(26,27)28)10-16(9-13)24(29,30)31)21(36)18-6-7-34(22(37)20(32)35)12-19(18)14-2-4-17(25)5-3-14/h2-5,8-10,18-19H,6-7,11-12H2,1H3,(H2,32,35)/t18-,19-/m0/s1. The minimum Gasteiger partial charge on any atom is -0.361 e. The lowest BCUT2D eigenvalue weighted by Crippen LogP contribution is -2.50. The Morgan fingerprint density at radius 2 is 1.51 bits per heavy atom. The van der Waals surface area contributed by atoms with Crippen molar-refractivity contribution in [1.82, 2.24) is 9.80 Å². The first-order valence-corrected chi connectivity index (χ1v) is 11.0. The first-order chi connectivity index (χ1) is 17.1. The SMILES string of the molecule is CN(Cc1cc(C(F)(F)F)cc(C(F)(F)F)c1)C(=O)[C@H]1CCN(C(=O)C(N)=O)C[C@H]1c1ccc(F)cc1. The third-order valence-corrected chi connectivity index (χ3v) is 6.17. The van der Waals surface area contributed by atoms with Gasteiger partial charge in [0.15, 0.2) is 0 Å². The molecular weight excluding hydrogens is 511 g/mol. The van der Waals surface area contributed by atoms with Gasteiger partial charge in [-0.1, -0.05) is 12.1 Å². The molecule has 0 aromatic heterocycles. The first-order valence-electron chi connectivity index (χ1n) is 11.0. The Morgan fingerprint density at radius 3 is 2.00 bits per heavy atom. The highest BCUT2D eigenvalue weighted by molar-refractivity contribution is 6.34. The van der Waals surface area contributed by atoms with E-state index in [4.69, 9.17) is 5.73 Å². The number of carbonyl (C=O) groups is 3. The number of hydrogen-bond acceptors (Lipinski definition) is 3. The quantitative estimate of drug-likeness (QED) is 0.478. The second kappa shape index (κ2) is 10.4. The van der Waals surface area contributed by atoms with Crippen molar-refractivity contribution in [1.29, 1.82) is 0 Å². The Labute approximate surface area is 206 Å². The van der Waals surface area contributed by atoms with Crippen LogP contribution in [0.4, 0.5) is 30.7 Å². The summed E-state index contributed by atoms with van der Waals surface area (Å²) in [5.41, 5.74) is 2.15. The summed E-state index contributed by atoms with van der Waals surface area (Å²) >= 11 is 0. The van der Waals surface area contributed by atoms with E-state index in [9.17, 15) is 45.1 Å². The minimum atomic E-state index is -5.04. The van der Waals surface area contributed by atoms with Crippen molar-refractivity contribution in [2.75, 3.05) is 20.1 Å². The lowest BCUT2D eigenvalue weighted by molar-refractivity contribution is -0.147. The molecule has 0 spiro atoms. The molecule has 0 saturated carbocycles. The zero-order valence-electron chi connectivity index (χ0n) is 19.4. The van der Waals surface area contributed by atoms with Gasteiger partial charge in [-0.3, -0.25) is 14.4 Å². The number of alkyl halides is 6. The molecule has 1 fully saturated rings. The summed E-state index contributed by atoms with van der Waals surface area (Å²) < 4.78 is 92.7. The number of amides is 3. The van der Waals surface area contributed by atoms with Crippen LogP contribution in [0.3, 0.4) is 0 Å². The molecule has 2 aromatic rings. The number of piperidine rings is 1. The highest BCUT2D eigenvalue weighted by Gasteiger charge is 2.40. The number of likely N-dealkylation sites (tertiary alicyclic amines) is 1. The second-order valence-corrected chi connectivity index (χ2v) is 8.78. The van der Waals surface area contributed by atoms with Crippen LogP contribution in [-0.4, -0.2) is 47.7 Å². The van der Waals surface area contributed by atoms with Crippen LogP contribution < -0.4 is 5.73 Å². The number of hydrogen-bond donors (Lipinski definition) is 1. The Bertz CT molecular complexity index is 1150. The minimum absolute atomic E-state index is 0.00134. The number of halogens is 7. The summed E-state index contributed by atoms with van der Waals surface area (Å²) in [6, 6.07) is 6.14. The van der Waals surface area contributed by atoms with E-state index in [0.717, 1.165) is 21.9 Å².